The van der Waals surface area contributed by atoms with Crippen molar-refractivity contribution in [3.05, 3.63) is 65.9 Å². The molecule has 7 heteroatoms. The predicted molar refractivity (Wildman–Crippen MR) is 121 cm³/mol. The predicted octanol–water partition coefficient (Wildman–Crippen LogP) is 4.60. The van der Waals surface area contributed by atoms with Gasteiger partial charge in [-0.05, 0) is 44.2 Å². The molecule has 0 saturated carbocycles. The van der Waals surface area contributed by atoms with Gasteiger partial charge in [-0.1, -0.05) is 24.3 Å². The highest BCUT2D eigenvalue weighted by Gasteiger charge is 2.20. The third kappa shape index (κ3) is 3.94. The maximum atomic E-state index is 13.4. The van der Waals surface area contributed by atoms with Gasteiger partial charge in [0.2, 0.25) is 0 Å². The number of para-hydroxylation sites is 2. The second kappa shape index (κ2) is 8.47. The van der Waals surface area contributed by atoms with Crippen molar-refractivity contribution in [2.75, 3.05) is 19.0 Å². The molecule has 158 valence electrons. The lowest BCUT2D eigenvalue weighted by Gasteiger charge is -2.13. The Bertz CT molecular complexity index is 1260. The van der Waals surface area contributed by atoms with Crippen molar-refractivity contribution in [1.82, 2.24) is 14.8 Å². The van der Waals surface area contributed by atoms with Gasteiger partial charge in [-0.15, -0.1) is 0 Å². The van der Waals surface area contributed by atoms with Gasteiger partial charge in [0, 0.05) is 12.6 Å². The Morgan fingerprint density at radius 2 is 1.94 bits per heavy atom. The number of methoxy groups -OCH3 is 1. The number of fused-ring (bicyclic) bond motifs is 1. The van der Waals surface area contributed by atoms with Crippen LogP contribution < -0.4 is 14.8 Å². The van der Waals surface area contributed by atoms with Gasteiger partial charge in [-0.3, -0.25) is 9.48 Å². The van der Waals surface area contributed by atoms with Gasteiger partial charge in [0.05, 0.1) is 41.7 Å². The van der Waals surface area contributed by atoms with Crippen LogP contribution in [0.15, 0.2) is 54.6 Å². The summed E-state index contributed by atoms with van der Waals surface area (Å²) in [7, 11) is 3.44. The first kappa shape index (κ1) is 20.4. The van der Waals surface area contributed by atoms with Crippen molar-refractivity contribution >= 4 is 22.6 Å². The quantitative estimate of drug-likeness (QED) is 0.497. The fourth-order valence-corrected chi connectivity index (χ4v) is 3.60. The standard InChI is InChI=1S/C24H24N4O3/c1-5-31-21-12-7-6-11-19(21)26-24(29)18-14-20(16-9-8-10-17(13-16)30-4)25-23-22(18)15(2)27-28(23)3/h6-14H,5H2,1-4H3,(H,26,29). The molecule has 0 unspecified atom stereocenters. The molecule has 0 bridgehead atoms. The van der Waals surface area contributed by atoms with E-state index in [2.05, 4.69) is 10.4 Å². The minimum atomic E-state index is -0.250. The number of anilines is 1. The van der Waals surface area contributed by atoms with E-state index in [0.29, 0.717) is 34.9 Å². The summed E-state index contributed by atoms with van der Waals surface area (Å²) in [5.41, 5.74) is 4.01. The van der Waals surface area contributed by atoms with Crippen molar-refractivity contribution in [3.63, 3.8) is 0 Å². The molecule has 0 fully saturated rings. The highest BCUT2D eigenvalue weighted by atomic mass is 16.5. The largest absolute Gasteiger partial charge is 0.497 e. The molecule has 0 atom stereocenters. The van der Waals surface area contributed by atoms with Crippen LogP contribution in [0.2, 0.25) is 0 Å². The Morgan fingerprint density at radius 3 is 2.71 bits per heavy atom. The highest BCUT2D eigenvalue weighted by Crippen LogP contribution is 2.30. The summed E-state index contributed by atoms with van der Waals surface area (Å²) in [5.74, 6) is 1.09. The molecule has 0 radical (unpaired) electrons. The molecule has 4 rings (SSSR count). The van der Waals surface area contributed by atoms with E-state index >= 15 is 0 Å². The zero-order valence-electron chi connectivity index (χ0n) is 18.0. The van der Waals surface area contributed by atoms with E-state index in [-0.39, 0.29) is 5.91 Å². The first-order valence-corrected chi connectivity index (χ1v) is 10.0. The average molecular weight is 416 g/mol. The lowest BCUT2D eigenvalue weighted by molar-refractivity contribution is 0.102. The molecule has 1 N–H and O–H groups in total. The van der Waals surface area contributed by atoms with Gasteiger partial charge < -0.3 is 14.8 Å². The Balaban J connectivity index is 1.83. The summed E-state index contributed by atoms with van der Waals surface area (Å²) in [5, 5.41) is 8.19. The molecule has 4 aromatic rings. The first-order chi connectivity index (χ1) is 15.0. The Morgan fingerprint density at radius 1 is 1.13 bits per heavy atom. The minimum Gasteiger partial charge on any atom is -0.497 e. The number of carbonyl (C=O) groups is 1. The number of hydrogen-bond acceptors (Lipinski definition) is 5. The van der Waals surface area contributed by atoms with Gasteiger partial charge in [0.15, 0.2) is 5.65 Å². The van der Waals surface area contributed by atoms with Crippen LogP contribution in [0.4, 0.5) is 5.69 Å². The van der Waals surface area contributed by atoms with Crippen LogP contribution >= 0.6 is 0 Å². The van der Waals surface area contributed by atoms with Gasteiger partial charge in [0.25, 0.3) is 5.91 Å². The second-order valence-electron chi connectivity index (χ2n) is 7.08. The zero-order chi connectivity index (χ0) is 22.0. The number of pyridine rings is 1. The normalized spacial score (nSPS) is 10.8. The van der Waals surface area contributed by atoms with Crippen LogP contribution in [0.1, 0.15) is 23.0 Å². The third-order valence-corrected chi connectivity index (χ3v) is 5.01. The Labute approximate surface area is 180 Å². The SMILES string of the molecule is CCOc1ccccc1NC(=O)c1cc(-c2cccc(OC)c2)nc2c1c(C)nn2C. The second-order valence-corrected chi connectivity index (χ2v) is 7.08. The number of aryl methyl sites for hydroxylation is 2. The number of carbonyl (C=O) groups excluding carboxylic acids is 1. The average Bonchev–Trinajstić information content (AvgIpc) is 3.08. The van der Waals surface area contributed by atoms with Crippen molar-refractivity contribution in [2.24, 2.45) is 7.05 Å². The van der Waals surface area contributed by atoms with Crippen LogP contribution in [0.3, 0.4) is 0 Å². The van der Waals surface area contributed by atoms with Gasteiger partial charge in [-0.2, -0.15) is 5.10 Å². The first-order valence-electron chi connectivity index (χ1n) is 10.0. The molecule has 7 nitrogen and oxygen atoms in total. The monoisotopic (exact) mass is 416 g/mol. The van der Waals surface area contributed by atoms with E-state index in [1.807, 2.05) is 69.4 Å². The lowest BCUT2D eigenvalue weighted by Crippen LogP contribution is -2.14. The summed E-state index contributed by atoms with van der Waals surface area (Å²) < 4.78 is 12.7. The maximum absolute atomic E-state index is 13.4. The van der Waals surface area contributed by atoms with E-state index in [0.717, 1.165) is 22.4 Å². The number of hydrogen-bond donors (Lipinski definition) is 1. The van der Waals surface area contributed by atoms with Crippen molar-refractivity contribution in [1.29, 1.82) is 0 Å². The number of rotatable bonds is 6. The van der Waals surface area contributed by atoms with Gasteiger partial charge in [0.1, 0.15) is 11.5 Å². The van der Waals surface area contributed by atoms with Crippen LogP contribution in [-0.2, 0) is 7.05 Å². The van der Waals surface area contributed by atoms with Crippen molar-refractivity contribution in [3.8, 4) is 22.8 Å². The van der Waals surface area contributed by atoms with Gasteiger partial charge in [-0.25, -0.2) is 4.98 Å². The van der Waals surface area contributed by atoms with Crippen LogP contribution in [0.5, 0.6) is 11.5 Å². The fraction of sp³-hybridized carbons (Fsp3) is 0.208. The molecule has 0 saturated heterocycles. The smallest absolute Gasteiger partial charge is 0.256 e. The van der Waals surface area contributed by atoms with E-state index in [1.165, 1.54) is 0 Å². The molecule has 2 heterocycles. The summed E-state index contributed by atoms with van der Waals surface area (Å²) in [4.78, 5) is 18.2. The summed E-state index contributed by atoms with van der Waals surface area (Å²) in [6.45, 7) is 4.29. The van der Waals surface area contributed by atoms with E-state index in [1.54, 1.807) is 17.9 Å². The summed E-state index contributed by atoms with van der Waals surface area (Å²) in [6.07, 6.45) is 0. The number of aromatic nitrogens is 3. The third-order valence-electron chi connectivity index (χ3n) is 5.01. The molecule has 0 spiro atoms. The van der Waals surface area contributed by atoms with Crippen molar-refractivity contribution < 1.29 is 14.3 Å². The van der Waals surface area contributed by atoms with Crippen molar-refractivity contribution in [2.45, 2.75) is 13.8 Å². The number of ether oxygens (including phenoxy) is 2. The molecule has 0 aliphatic heterocycles. The van der Waals surface area contributed by atoms with Crippen LogP contribution in [-0.4, -0.2) is 34.4 Å². The molecular formula is C24H24N4O3. The summed E-state index contributed by atoms with van der Waals surface area (Å²) >= 11 is 0. The van der Waals surface area contributed by atoms with Crippen LogP contribution in [0.25, 0.3) is 22.3 Å². The number of nitrogens with zero attached hydrogens (tertiary/aromatic N) is 3. The zero-order valence-corrected chi connectivity index (χ0v) is 18.0. The Kier molecular flexibility index (Phi) is 5.58. The molecular weight excluding hydrogens is 392 g/mol. The number of benzene rings is 2. The molecule has 0 aliphatic rings. The number of amides is 1. The topological polar surface area (TPSA) is 78.3 Å². The fourth-order valence-electron chi connectivity index (χ4n) is 3.60. The van der Waals surface area contributed by atoms with E-state index in [9.17, 15) is 4.79 Å². The highest BCUT2D eigenvalue weighted by molar-refractivity contribution is 6.13. The molecule has 31 heavy (non-hydrogen) atoms. The summed E-state index contributed by atoms with van der Waals surface area (Å²) in [6, 6.07) is 16.8. The Hall–Kier alpha value is -3.87. The van der Waals surface area contributed by atoms with E-state index < -0.39 is 0 Å². The van der Waals surface area contributed by atoms with E-state index in [4.69, 9.17) is 14.5 Å². The lowest BCUT2D eigenvalue weighted by atomic mass is 10.0. The molecule has 2 aromatic heterocycles. The number of nitrogens with one attached hydrogen (secondary N) is 1. The minimum absolute atomic E-state index is 0.250. The molecule has 0 aliphatic carbocycles. The maximum Gasteiger partial charge on any atom is 0.256 e. The van der Waals surface area contributed by atoms with Crippen LogP contribution in [0, 0.1) is 6.92 Å². The molecule has 1 amide bonds. The molecule has 2 aromatic carbocycles. The van der Waals surface area contributed by atoms with Gasteiger partial charge >= 0.3 is 0 Å².